The molecule has 1 nitrogen and oxygen atoms in total. The first-order chi connectivity index (χ1) is 9.45. The number of alkyl halides is 3. The second kappa shape index (κ2) is 6.17. The first kappa shape index (κ1) is 15.4. The van der Waals surface area contributed by atoms with E-state index >= 15 is 0 Å². The summed E-state index contributed by atoms with van der Waals surface area (Å²) < 4.78 is 38.3. The number of benzene rings is 1. The van der Waals surface area contributed by atoms with Crippen LogP contribution in [0, 0.1) is 0 Å². The zero-order valence-electron chi connectivity index (χ0n) is 11.9. The normalized spacial score (nSPS) is 23.8. The Balaban J connectivity index is 2.18. The summed E-state index contributed by atoms with van der Waals surface area (Å²) in [6.45, 7) is 3.10. The van der Waals surface area contributed by atoms with E-state index in [2.05, 4.69) is 12.2 Å². The number of rotatable bonds is 4. The van der Waals surface area contributed by atoms with Crippen molar-refractivity contribution < 1.29 is 13.2 Å². The molecule has 0 radical (unpaired) electrons. The van der Waals surface area contributed by atoms with E-state index in [1.165, 1.54) is 12.1 Å². The van der Waals surface area contributed by atoms with Crippen molar-refractivity contribution in [2.75, 3.05) is 6.54 Å². The number of nitrogens with one attached hydrogen (secondary N) is 1. The monoisotopic (exact) mass is 285 g/mol. The summed E-state index contributed by atoms with van der Waals surface area (Å²) in [6, 6.07) is 5.77. The Kier molecular flexibility index (Phi) is 4.74. The molecule has 1 aromatic rings. The lowest BCUT2D eigenvalue weighted by Crippen LogP contribution is -2.50. The minimum Gasteiger partial charge on any atom is -0.311 e. The summed E-state index contributed by atoms with van der Waals surface area (Å²) in [5, 5.41) is 3.56. The molecule has 1 aromatic carbocycles. The SMILES string of the molecule is CCCC1(Cc2cccc(C(F)(F)F)c2)CCCCN1. The molecular formula is C16H22F3N. The Bertz CT molecular complexity index is 428. The fourth-order valence-corrected chi connectivity index (χ4v) is 3.21. The van der Waals surface area contributed by atoms with Crippen molar-refractivity contribution in [1.82, 2.24) is 5.32 Å². The lowest BCUT2D eigenvalue weighted by Gasteiger charge is -2.39. The predicted octanol–water partition coefficient (Wildman–Crippen LogP) is 4.56. The van der Waals surface area contributed by atoms with Crippen molar-refractivity contribution in [3.63, 3.8) is 0 Å². The smallest absolute Gasteiger partial charge is 0.311 e. The third-order valence-corrected chi connectivity index (χ3v) is 4.11. The molecule has 0 spiro atoms. The first-order valence-corrected chi connectivity index (χ1v) is 7.36. The average molecular weight is 285 g/mol. The molecule has 1 fully saturated rings. The Hall–Kier alpha value is -1.03. The van der Waals surface area contributed by atoms with Crippen LogP contribution in [0.1, 0.15) is 50.2 Å². The van der Waals surface area contributed by atoms with E-state index in [-0.39, 0.29) is 5.54 Å². The maximum absolute atomic E-state index is 12.8. The molecule has 1 aliphatic rings. The third kappa shape index (κ3) is 3.75. The van der Waals surface area contributed by atoms with Crippen molar-refractivity contribution >= 4 is 0 Å². The molecule has 1 unspecified atom stereocenters. The van der Waals surface area contributed by atoms with Gasteiger partial charge in [-0.3, -0.25) is 0 Å². The van der Waals surface area contributed by atoms with Gasteiger partial charge in [-0.2, -0.15) is 13.2 Å². The van der Waals surface area contributed by atoms with Crippen molar-refractivity contribution in [2.45, 2.75) is 57.2 Å². The number of hydrogen-bond donors (Lipinski definition) is 1. The Labute approximate surface area is 118 Å². The first-order valence-electron chi connectivity index (χ1n) is 7.36. The van der Waals surface area contributed by atoms with E-state index in [0.717, 1.165) is 50.3 Å². The van der Waals surface area contributed by atoms with E-state index < -0.39 is 11.7 Å². The zero-order chi connectivity index (χ0) is 14.6. The molecule has 1 heterocycles. The van der Waals surface area contributed by atoms with Crippen molar-refractivity contribution in [3.8, 4) is 0 Å². The second-order valence-corrected chi connectivity index (χ2v) is 5.79. The van der Waals surface area contributed by atoms with E-state index in [9.17, 15) is 13.2 Å². The van der Waals surface area contributed by atoms with Crippen molar-refractivity contribution in [2.24, 2.45) is 0 Å². The molecule has 0 saturated carbocycles. The van der Waals surface area contributed by atoms with Crippen LogP contribution in [0.2, 0.25) is 0 Å². The van der Waals surface area contributed by atoms with Gasteiger partial charge in [0.15, 0.2) is 0 Å². The van der Waals surface area contributed by atoms with E-state index in [0.29, 0.717) is 6.42 Å². The van der Waals surface area contributed by atoms with Crippen LogP contribution in [-0.4, -0.2) is 12.1 Å². The highest BCUT2D eigenvalue weighted by Crippen LogP contribution is 2.32. The highest BCUT2D eigenvalue weighted by molar-refractivity contribution is 5.27. The molecule has 1 atom stereocenters. The molecule has 0 aromatic heterocycles. The van der Waals surface area contributed by atoms with E-state index in [1.54, 1.807) is 0 Å². The van der Waals surface area contributed by atoms with Crippen LogP contribution in [0.25, 0.3) is 0 Å². The third-order valence-electron chi connectivity index (χ3n) is 4.11. The molecule has 1 N–H and O–H groups in total. The van der Waals surface area contributed by atoms with Gasteiger partial charge in [-0.1, -0.05) is 38.0 Å². The zero-order valence-corrected chi connectivity index (χ0v) is 11.9. The van der Waals surface area contributed by atoms with Gasteiger partial charge < -0.3 is 5.32 Å². The maximum Gasteiger partial charge on any atom is 0.416 e. The van der Waals surface area contributed by atoms with E-state index in [4.69, 9.17) is 0 Å². The molecule has 20 heavy (non-hydrogen) atoms. The highest BCUT2D eigenvalue weighted by atomic mass is 19.4. The summed E-state index contributed by atoms with van der Waals surface area (Å²) in [5.74, 6) is 0. The number of piperidine rings is 1. The van der Waals surface area contributed by atoms with Crippen LogP contribution in [0.15, 0.2) is 24.3 Å². The molecule has 1 saturated heterocycles. The Morgan fingerprint density at radius 2 is 2.05 bits per heavy atom. The van der Waals surface area contributed by atoms with Crippen LogP contribution >= 0.6 is 0 Å². The van der Waals surface area contributed by atoms with Gasteiger partial charge >= 0.3 is 6.18 Å². The second-order valence-electron chi connectivity index (χ2n) is 5.79. The fraction of sp³-hybridized carbons (Fsp3) is 0.625. The van der Waals surface area contributed by atoms with Crippen LogP contribution in [0.5, 0.6) is 0 Å². The average Bonchev–Trinajstić information content (AvgIpc) is 2.39. The number of hydrogen-bond acceptors (Lipinski definition) is 1. The molecular weight excluding hydrogens is 263 g/mol. The fourth-order valence-electron chi connectivity index (χ4n) is 3.21. The van der Waals surface area contributed by atoms with Crippen LogP contribution in [0.4, 0.5) is 13.2 Å². The molecule has 2 rings (SSSR count). The van der Waals surface area contributed by atoms with Gasteiger partial charge in [-0.15, -0.1) is 0 Å². The molecule has 0 bridgehead atoms. The highest BCUT2D eigenvalue weighted by Gasteiger charge is 2.33. The van der Waals surface area contributed by atoms with Crippen LogP contribution in [-0.2, 0) is 12.6 Å². The summed E-state index contributed by atoms with van der Waals surface area (Å²) in [5.41, 5.74) is 0.220. The lowest BCUT2D eigenvalue weighted by molar-refractivity contribution is -0.137. The summed E-state index contributed by atoms with van der Waals surface area (Å²) in [7, 11) is 0. The maximum atomic E-state index is 12.8. The van der Waals surface area contributed by atoms with Crippen molar-refractivity contribution in [1.29, 1.82) is 0 Å². The minimum absolute atomic E-state index is 0.0166. The van der Waals surface area contributed by atoms with Gasteiger partial charge in [0, 0.05) is 5.54 Å². The van der Waals surface area contributed by atoms with E-state index in [1.807, 2.05) is 6.07 Å². The van der Waals surface area contributed by atoms with Gasteiger partial charge in [-0.05, 0) is 43.9 Å². The van der Waals surface area contributed by atoms with Gasteiger partial charge in [0.25, 0.3) is 0 Å². The molecule has 112 valence electrons. The quantitative estimate of drug-likeness (QED) is 0.855. The van der Waals surface area contributed by atoms with Gasteiger partial charge in [0.05, 0.1) is 5.56 Å². The predicted molar refractivity (Wildman–Crippen MR) is 74.6 cm³/mol. The number of halogens is 3. The molecule has 0 aliphatic carbocycles. The lowest BCUT2D eigenvalue weighted by atomic mass is 9.79. The van der Waals surface area contributed by atoms with Gasteiger partial charge in [-0.25, -0.2) is 0 Å². The summed E-state index contributed by atoms with van der Waals surface area (Å²) in [6.07, 6.45) is 1.87. The van der Waals surface area contributed by atoms with Crippen LogP contribution < -0.4 is 5.32 Å². The summed E-state index contributed by atoms with van der Waals surface area (Å²) >= 11 is 0. The van der Waals surface area contributed by atoms with Gasteiger partial charge in [0.1, 0.15) is 0 Å². The minimum atomic E-state index is -4.26. The molecule has 1 aliphatic heterocycles. The Morgan fingerprint density at radius 3 is 2.65 bits per heavy atom. The topological polar surface area (TPSA) is 12.0 Å². The summed E-state index contributed by atoms with van der Waals surface area (Å²) in [4.78, 5) is 0. The standard InChI is InChI=1S/C16H22F3N/c1-2-8-15(9-3-4-10-20-15)12-13-6-5-7-14(11-13)16(17,18)19/h5-7,11,20H,2-4,8-10,12H2,1H3. The van der Waals surface area contributed by atoms with Crippen LogP contribution in [0.3, 0.4) is 0 Å². The largest absolute Gasteiger partial charge is 0.416 e. The molecule has 4 heteroatoms. The Morgan fingerprint density at radius 1 is 1.25 bits per heavy atom. The molecule has 0 amide bonds. The van der Waals surface area contributed by atoms with Gasteiger partial charge in [0.2, 0.25) is 0 Å². The van der Waals surface area contributed by atoms with Crippen molar-refractivity contribution in [3.05, 3.63) is 35.4 Å².